The van der Waals surface area contributed by atoms with Crippen LogP contribution in [-0.2, 0) is 28.0 Å². The number of nitrogens with zero attached hydrogens (tertiary/aromatic N) is 2. The molecule has 1 aromatic rings. The van der Waals surface area contributed by atoms with Crippen LogP contribution in [0.4, 0.5) is 0 Å². The van der Waals surface area contributed by atoms with Gasteiger partial charge in [0.1, 0.15) is 6.29 Å². The fourth-order valence-electron chi connectivity index (χ4n) is 3.07. The molecule has 6 heteroatoms. The largest absolute Gasteiger partial charge is 0.303 e. The Labute approximate surface area is 125 Å². The molecular weight excluding hydrogens is 288 g/mol. The van der Waals surface area contributed by atoms with Crippen molar-refractivity contribution in [1.82, 2.24) is 8.61 Å². The number of hydrogen-bond donors (Lipinski definition) is 0. The molecule has 5 nitrogen and oxygen atoms in total. The van der Waals surface area contributed by atoms with E-state index in [9.17, 15) is 13.2 Å². The van der Waals surface area contributed by atoms with Crippen LogP contribution in [0.1, 0.15) is 24.0 Å². The van der Waals surface area contributed by atoms with Crippen LogP contribution >= 0.6 is 0 Å². The van der Waals surface area contributed by atoms with Crippen LogP contribution < -0.4 is 0 Å². The highest BCUT2D eigenvalue weighted by molar-refractivity contribution is 7.86. The van der Waals surface area contributed by atoms with E-state index in [1.54, 1.807) is 4.31 Å². The highest BCUT2D eigenvalue weighted by Gasteiger charge is 2.34. The van der Waals surface area contributed by atoms with E-state index in [2.05, 4.69) is 6.07 Å². The maximum absolute atomic E-state index is 12.7. The Morgan fingerprint density at radius 3 is 2.33 bits per heavy atom. The molecule has 0 bridgehead atoms. The Morgan fingerprint density at radius 1 is 1.00 bits per heavy atom. The molecule has 1 fully saturated rings. The van der Waals surface area contributed by atoms with E-state index in [1.807, 2.05) is 18.2 Å². The van der Waals surface area contributed by atoms with Crippen LogP contribution in [0.5, 0.6) is 0 Å². The normalized spacial score (nSPS) is 21.9. The van der Waals surface area contributed by atoms with Gasteiger partial charge in [0.15, 0.2) is 0 Å². The molecule has 0 aromatic heterocycles. The zero-order valence-corrected chi connectivity index (χ0v) is 12.8. The summed E-state index contributed by atoms with van der Waals surface area (Å²) in [5.41, 5.74) is 2.33. The molecule has 2 aliphatic rings. The third kappa shape index (κ3) is 2.88. The fraction of sp³-hybridized carbons (Fsp3) is 0.533. The van der Waals surface area contributed by atoms with Gasteiger partial charge in [-0.3, -0.25) is 0 Å². The Balaban J connectivity index is 1.73. The number of rotatable bonds is 3. The van der Waals surface area contributed by atoms with Gasteiger partial charge in [-0.25, -0.2) is 0 Å². The van der Waals surface area contributed by atoms with E-state index >= 15 is 0 Å². The van der Waals surface area contributed by atoms with E-state index < -0.39 is 10.2 Å². The van der Waals surface area contributed by atoms with Crippen molar-refractivity contribution in [1.29, 1.82) is 0 Å². The van der Waals surface area contributed by atoms with Crippen LogP contribution in [0.15, 0.2) is 24.3 Å². The third-order valence-corrected chi connectivity index (χ3v) is 6.42. The Kier molecular flexibility index (Phi) is 4.10. The van der Waals surface area contributed by atoms with Gasteiger partial charge >= 0.3 is 0 Å². The molecule has 0 spiro atoms. The van der Waals surface area contributed by atoms with E-state index in [0.717, 1.165) is 18.3 Å². The van der Waals surface area contributed by atoms with E-state index in [4.69, 9.17) is 0 Å². The lowest BCUT2D eigenvalue weighted by atomic mass is 10.0. The highest BCUT2D eigenvalue weighted by atomic mass is 32.2. The second-order valence-electron chi connectivity index (χ2n) is 5.73. The van der Waals surface area contributed by atoms with E-state index in [-0.39, 0.29) is 5.92 Å². The Morgan fingerprint density at radius 2 is 1.67 bits per heavy atom. The molecule has 1 saturated heterocycles. The SMILES string of the molecule is O=CC1CCN(S(=O)(=O)N2CCc3ccccc3C2)CC1. The van der Waals surface area contributed by atoms with Gasteiger partial charge in [-0.1, -0.05) is 24.3 Å². The van der Waals surface area contributed by atoms with Gasteiger partial charge in [-0.15, -0.1) is 0 Å². The lowest BCUT2D eigenvalue weighted by Gasteiger charge is -2.35. The topological polar surface area (TPSA) is 57.7 Å². The quantitative estimate of drug-likeness (QED) is 0.789. The van der Waals surface area contributed by atoms with Gasteiger partial charge < -0.3 is 4.79 Å². The molecule has 114 valence electrons. The summed E-state index contributed by atoms with van der Waals surface area (Å²) in [6.45, 7) is 1.88. The predicted octanol–water partition coefficient (Wildman–Crippen LogP) is 1.20. The minimum Gasteiger partial charge on any atom is -0.303 e. The summed E-state index contributed by atoms with van der Waals surface area (Å²) in [4.78, 5) is 10.8. The maximum atomic E-state index is 12.7. The molecular formula is C15H20N2O3S. The average molecular weight is 308 g/mol. The lowest BCUT2D eigenvalue weighted by Crippen LogP contribution is -2.48. The smallest absolute Gasteiger partial charge is 0.282 e. The van der Waals surface area contributed by atoms with Gasteiger partial charge in [0.05, 0.1) is 0 Å². The van der Waals surface area contributed by atoms with Crippen molar-refractivity contribution in [3.63, 3.8) is 0 Å². The molecule has 3 rings (SSSR count). The zero-order chi connectivity index (χ0) is 14.9. The molecule has 0 atom stereocenters. The monoisotopic (exact) mass is 308 g/mol. The van der Waals surface area contributed by atoms with Crippen molar-refractivity contribution in [2.24, 2.45) is 5.92 Å². The molecule has 0 N–H and O–H groups in total. The van der Waals surface area contributed by atoms with Crippen molar-refractivity contribution in [2.75, 3.05) is 19.6 Å². The summed E-state index contributed by atoms with van der Waals surface area (Å²) < 4.78 is 28.5. The first-order valence-corrected chi connectivity index (χ1v) is 8.78. The summed E-state index contributed by atoms with van der Waals surface area (Å²) in [7, 11) is -3.41. The van der Waals surface area contributed by atoms with Gasteiger partial charge in [0.2, 0.25) is 0 Å². The second kappa shape index (κ2) is 5.87. The molecule has 21 heavy (non-hydrogen) atoms. The lowest BCUT2D eigenvalue weighted by molar-refractivity contribution is -0.112. The van der Waals surface area contributed by atoms with Gasteiger partial charge in [0, 0.05) is 32.1 Å². The summed E-state index contributed by atoms with van der Waals surface area (Å²) in [5.74, 6) is 0.0125. The first-order valence-electron chi connectivity index (χ1n) is 7.38. The number of carbonyl (C=O) groups is 1. The molecule has 2 heterocycles. The maximum Gasteiger partial charge on any atom is 0.282 e. The summed E-state index contributed by atoms with van der Waals surface area (Å²) in [6.07, 6.45) is 2.97. The predicted molar refractivity (Wildman–Crippen MR) is 79.8 cm³/mol. The highest BCUT2D eigenvalue weighted by Crippen LogP contribution is 2.25. The number of piperidine rings is 1. The number of hydrogen-bond acceptors (Lipinski definition) is 3. The average Bonchev–Trinajstić information content (AvgIpc) is 2.54. The van der Waals surface area contributed by atoms with Crippen molar-refractivity contribution < 1.29 is 13.2 Å². The van der Waals surface area contributed by atoms with Crippen LogP contribution in [0.2, 0.25) is 0 Å². The molecule has 1 aromatic carbocycles. The van der Waals surface area contributed by atoms with Crippen molar-refractivity contribution in [2.45, 2.75) is 25.8 Å². The second-order valence-corrected chi connectivity index (χ2v) is 7.66. The van der Waals surface area contributed by atoms with E-state index in [0.29, 0.717) is 39.0 Å². The minimum absolute atomic E-state index is 0.0125. The summed E-state index contributed by atoms with van der Waals surface area (Å²) in [5, 5.41) is 0. The van der Waals surface area contributed by atoms with E-state index in [1.165, 1.54) is 9.87 Å². The molecule has 2 aliphatic heterocycles. The minimum atomic E-state index is -3.41. The summed E-state index contributed by atoms with van der Waals surface area (Å²) >= 11 is 0. The van der Waals surface area contributed by atoms with Crippen LogP contribution in [0, 0.1) is 5.92 Å². The van der Waals surface area contributed by atoms with Crippen molar-refractivity contribution in [3.05, 3.63) is 35.4 Å². The van der Waals surface area contributed by atoms with Crippen molar-refractivity contribution >= 4 is 16.5 Å². The van der Waals surface area contributed by atoms with Crippen LogP contribution in [-0.4, -0.2) is 42.9 Å². The fourth-order valence-corrected chi connectivity index (χ4v) is 4.70. The van der Waals surface area contributed by atoms with Gasteiger partial charge in [0.25, 0.3) is 10.2 Å². The Bertz CT molecular complexity index is 622. The van der Waals surface area contributed by atoms with Gasteiger partial charge in [-0.05, 0) is 30.4 Å². The number of carbonyl (C=O) groups excluding carboxylic acids is 1. The third-order valence-electron chi connectivity index (χ3n) is 4.44. The molecule has 0 unspecified atom stereocenters. The Hall–Kier alpha value is -1.24. The molecule has 0 amide bonds. The molecule has 0 aliphatic carbocycles. The standard InChI is InChI=1S/C15H20N2O3S/c18-12-13-5-8-16(9-6-13)21(19,20)17-10-7-14-3-1-2-4-15(14)11-17/h1-4,12-13H,5-11H2. The van der Waals surface area contributed by atoms with Crippen molar-refractivity contribution in [3.8, 4) is 0 Å². The summed E-state index contributed by atoms with van der Waals surface area (Å²) in [6, 6.07) is 8.00. The first-order chi connectivity index (χ1) is 10.1. The number of fused-ring (bicyclic) bond motifs is 1. The van der Waals surface area contributed by atoms with Gasteiger partial charge in [-0.2, -0.15) is 17.0 Å². The zero-order valence-electron chi connectivity index (χ0n) is 11.9. The number of aldehydes is 1. The number of benzene rings is 1. The first kappa shape index (κ1) is 14.7. The molecule has 0 saturated carbocycles. The van der Waals surface area contributed by atoms with Crippen LogP contribution in [0.3, 0.4) is 0 Å². The van der Waals surface area contributed by atoms with Crippen LogP contribution in [0.25, 0.3) is 0 Å². The molecule has 0 radical (unpaired) electrons.